The van der Waals surface area contributed by atoms with Gasteiger partial charge in [0.05, 0.1) is 5.02 Å². The lowest BCUT2D eigenvalue weighted by Crippen LogP contribution is -2.36. The monoisotopic (exact) mass is 432 g/mol. The van der Waals surface area contributed by atoms with Crippen molar-refractivity contribution in [1.29, 1.82) is 0 Å². The van der Waals surface area contributed by atoms with Crippen molar-refractivity contribution in [2.75, 3.05) is 18.0 Å². The summed E-state index contributed by atoms with van der Waals surface area (Å²) in [4.78, 5) is 15.1. The van der Waals surface area contributed by atoms with Gasteiger partial charge in [-0.05, 0) is 56.0 Å². The first kappa shape index (κ1) is 20.4. The Bertz CT molecular complexity index is 1030. The molecule has 1 atom stereocenters. The summed E-state index contributed by atoms with van der Waals surface area (Å²) in [6, 6.07) is 12.4. The van der Waals surface area contributed by atoms with Crippen LogP contribution in [0.2, 0.25) is 5.02 Å². The molecule has 0 aromatic heterocycles. The van der Waals surface area contributed by atoms with E-state index in [4.69, 9.17) is 11.6 Å². The van der Waals surface area contributed by atoms with Crippen molar-refractivity contribution in [1.82, 2.24) is 4.31 Å². The molecule has 29 heavy (non-hydrogen) atoms. The van der Waals surface area contributed by atoms with Crippen LogP contribution in [-0.2, 0) is 16.4 Å². The summed E-state index contributed by atoms with van der Waals surface area (Å²) in [5, 5.41) is 0.153. The summed E-state index contributed by atoms with van der Waals surface area (Å²) in [6.45, 7) is 2.99. The highest BCUT2D eigenvalue weighted by Gasteiger charge is 2.33. The predicted molar refractivity (Wildman–Crippen MR) is 115 cm³/mol. The number of benzene rings is 2. The van der Waals surface area contributed by atoms with Crippen molar-refractivity contribution >= 4 is 33.2 Å². The number of hydrogen-bond donors (Lipinski definition) is 0. The molecule has 1 amide bonds. The number of fused-ring (bicyclic) bond motifs is 1. The first-order chi connectivity index (χ1) is 13.9. The fourth-order valence-electron chi connectivity index (χ4n) is 4.27. The first-order valence-electron chi connectivity index (χ1n) is 10.1. The van der Waals surface area contributed by atoms with Gasteiger partial charge in [0, 0.05) is 30.4 Å². The number of carbonyl (C=O) groups is 1. The van der Waals surface area contributed by atoms with E-state index in [0.717, 1.165) is 43.4 Å². The van der Waals surface area contributed by atoms with Crippen molar-refractivity contribution in [2.24, 2.45) is 0 Å². The Morgan fingerprint density at radius 2 is 1.72 bits per heavy atom. The highest BCUT2D eigenvalue weighted by molar-refractivity contribution is 7.89. The van der Waals surface area contributed by atoms with E-state index < -0.39 is 10.0 Å². The molecule has 7 heteroatoms. The van der Waals surface area contributed by atoms with Gasteiger partial charge in [0.2, 0.25) is 10.0 Å². The summed E-state index contributed by atoms with van der Waals surface area (Å²) < 4.78 is 28.0. The van der Waals surface area contributed by atoms with Gasteiger partial charge in [-0.15, -0.1) is 0 Å². The lowest BCUT2D eigenvalue weighted by molar-refractivity contribution is 0.0981. The Morgan fingerprint density at radius 3 is 2.45 bits per heavy atom. The SMILES string of the molecule is C[C@H]1Cc2ccccc2N1C(=O)c1ccc(Cl)c(S(=O)(=O)N2CCCCCC2)c1. The van der Waals surface area contributed by atoms with Gasteiger partial charge in [-0.25, -0.2) is 8.42 Å². The molecule has 0 aliphatic carbocycles. The fraction of sp³-hybridized carbons (Fsp3) is 0.409. The lowest BCUT2D eigenvalue weighted by Gasteiger charge is -2.24. The van der Waals surface area contributed by atoms with Crippen LogP contribution in [-0.4, -0.2) is 37.8 Å². The predicted octanol–water partition coefficient (Wildman–Crippen LogP) is 4.50. The van der Waals surface area contributed by atoms with E-state index >= 15 is 0 Å². The van der Waals surface area contributed by atoms with Crippen LogP contribution in [0, 0.1) is 0 Å². The van der Waals surface area contributed by atoms with E-state index in [9.17, 15) is 13.2 Å². The zero-order valence-corrected chi connectivity index (χ0v) is 18.0. The Balaban J connectivity index is 1.69. The molecular formula is C22H25ClN2O3S. The number of hydrogen-bond acceptors (Lipinski definition) is 3. The zero-order valence-electron chi connectivity index (χ0n) is 16.5. The molecule has 2 aliphatic rings. The van der Waals surface area contributed by atoms with E-state index in [2.05, 4.69) is 0 Å². The molecule has 0 saturated carbocycles. The maximum atomic E-state index is 13.3. The van der Waals surface area contributed by atoms with Crippen LogP contribution < -0.4 is 4.90 Å². The van der Waals surface area contributed by atoms with E-state index in [-0.39, 0.29) is 21.9 Å². The van der Waals surface area contributed by atoms with Crippen LogP contribution in [0.5, 0.6) is 0 Å². The molecule has 0 N–H and O–H groups in total. The standard InChI is InChI=1S/C22H25ClN2O3S/c1-16-14-17-8-4-5-9-20(17)25(16)22(26)18-10-11-19(23)21(15-18)29(27,28)24-12-6-2-3-7-13-24/h4-5,8-11,15-16H,2-3,6-7,12-14H2,1H3/t16-/m0/s1. The van der Waals surface area contributed by atoms with Gasteiger partial charge in [-0.2, -0.15) is 4.31 Å². The lowest BCUT2D eigenvalue weighted by atomic mass is 10.1. The summed E-state index contributed by atoms with van der Waals surface area (Å²) >= 11 is 6.28. The number of sulfonamides is 1. The van der Waals surface area contributed by atoms with Crippen molar-refractivity contribution in [2.45, 2.75) is 50.0 Å². The molecule has 2 aromatic carbocycles. The first-order valence-corrected chi connectivity index (χ1v) is 11.9. The number of carbonyl (C=O) groups excluding carboxylic acids is 1. The summed E-state index contributed by atoms with van der Waals surface area (Å²) in [6.07, 6.45) is 4.54. The number of anilines is 1. The van der Waals surface area contributed by atoms with Crippen LogP contribution in [0.15, 0.2) is 47.4 Å². The Hall–Kier alpha value is -1.89. The molecular weight excluding hydrogens is 408 g/mol. The quantitative estimate of drug-likeness (QED) is 0.717. The maximum Gasteiger partial charge on any atom is 0.258 e. The van der Waals surface area contributed by atoms with E-state index in [1.807, 2.05) is 31.2 Å². The van der Waals surface area contributed by atoms with Crippen molar-refractivity contribution < 1.29 is 13.2 Å². The Labute approximate surface area is 177 Å². The minimum atomic E-state index is -3.74. The molecule has 0 unspecified atom stereocenters. The topological polar surface area (TPSA) is 57.7 Å². The van der Waals surface area contributed by atoms with Crippen LogP contribution >= 0.6 is 11.6 Å². The number of amides is 1. The molecule has 0 spiro atoms. The molecule has 2 aromatic rings. The second-order valence-corrected chi connectivity index (χ2v) is 10.1. The molecule has 5 nitrogen and oxygen atoms in total. The van der Waals surface area contributed by atoms with Gasteiger partial charge in [-0.3, -0.25) is 4.79 Å². The third-order valence-electron chi connectivity index (χ3n) is 5.79. The molecule has 4 rings (SSSR count). The molecule has 2 heterocycles. The largest absolute Gasteiger partial charge is 0.305 e. The maximum absolute atomic E-state index is 13.3. The van der Waals surface area contributed by atoms with Gasteiger partial charge < -0.3 is 4.90 Å². The highest BCUT2D eigenvalue weighted by atomic mass is 35.5. The fourth-order valence-corrected chi connectivity index (χ4v) is 6.29. The Kier molecular flexibility index (Phi) is 5.69. The van der Waals surface area contributed by atoms with Crippen molar-refractivity contribution in [3.8, 4) is 0 Å². The average Bonchev–Trinajstić information content (AvgIpc) is 2.86. The zero-order chi connectivity index (χ0) is 20.6. The van der Waals surface area contributed by atoms with Crippen LogP contribution in [0.1, 0.15) is 48.5 Å². The van der Waals surface area contributed by atoms with Crippen LogP contribution in [0.3, 0.4) is 0 Å². The van der Waals surface area contributed by atoms with Crippen LogP contribution in [0.25, 0.3) is 0 Å². The molecule has 0 radical (unpaired) electrons. The molecule has 2 aliphatic heterocycles. The van der Waals surface area contributed by atoms with Crippen molar-refractivity contribution in [3.63, 3.8) is 0 Å². The number of para-hydroxylation sites is 1. The molecule has 1 saturated heterocycles. The Morgan fingerprint density at radius 1 is 1.03 bits per heavy atom. The second-order valence-electron chi connectivity index (χ2n) is 7.82. The average molecular weight is 433 g/mol. The molecule has 154 valence electrons. The normalized spacial score (nSPS) is 20.3. The number of nitrogens with zero attached hydrogens (tertiary/aromatic N) is 2. The highest BCUT2D eigenvalue weighted by Crippen LogP contribution is 2.34. The van der Waals surface area contributed by atoms with Crippen LogP contribution in [0.4, 0.5) is 5.69 Å². The smallest absolute Gasteiger partial charge is 0.258 e. The number of rotatable bonds is 3. The van der Waals surface area contributed by atoms with E-state index in [1.54, 1.807) is 11.0 Å². The third kappa shape index (κ3) is 3.81. The molecule has 1 fully saturated rings. The van der Waals surface area contributed by atoms with Gasteiger partial charge in [0.25, 0.3) is 5.91 Å². The second kappa shape index (κ2) is 8.09. The van der Waals surface area contributed by atoms with Gasteiger partial charge in [0.15, 0.2) is 0 Å². The third-order valence-corrected chi connectivity index (χ3v) is 8.17. The van der Waals surface area contributed by atoms with E-state index in [0.29, 0.717) is 18.7 Å². The summed E-state index contributed by atoms with van der Waals surface area (Å²) in [5.41, 5.74) is 2.35. The van der Waals surface area contributed by atoms with Crippen molar-refractivity contribution in [3.05, 3.63) is 58.6 Å². The number of halogens is 1. The van der Waals surface area contributed by atoms with E-state index in [1.165, 1.54) is 16.4 Å². The summed E-state index contributed by atoms with van der Waals surface area (Å²) in [7, 11) is -3.74. The van der Waals surface area contributed by atoms with Gasteiger partial charge in [0.1, 0.15) is 4.90 Å². The molecule has 0 bridgehead atoms. The van der Waals surface area contributed by atoms with Gasteiger partial charge >= 0.3 is 0 Å². The summed E-state index contributed by atoms with van der Waals surface area (Å²) in [5.74, 6) is -0.202. The minimum Gasteiger partial charge on any atom is -0.305 e. The van der Waals surface area contributed by atoms with Gasteiger partial charge in [-0.1, -0.05) is 42.6 Å². The minimum absolute atomic E-state index is 0.0150.